The predicted octanol–water partition coefficient (Wildman–Crippen LogP) is 4.80. The number of rotatable bonds is 2. The minimum atomic E-state index is -0.931. The first kappa shape index (κ1) is 14.0. The average molecular weight is 321 g/mol. The van der Waals surface area contributed by atoms with Crippen molar-refractivity contribution in [1.29, 1.82) is 0 Å². The maximum absolute atomic E-state index is 12.4. The summed E-state index contributed by atoms with van der Waals surface area (Å²) in [5.74, 6) is -0.306. The van der Waals surface area contributed by atoms with E-state index in [4.69, 9.17) is 16.3 Å². The van der Waals surface area contributed by atoms with Gasteiger partial charge in [0.05, 0.1) is 5.56 Å². The molecule has 1 heterocycles. The lowest BCUT2D eigenvalue weighted by Gasteiger charge is -2.30. The zero-order valence-corrected chi connectivity index (χ0v) is 13.0. The number of ether oxygens (including phenoxy) is 1. The van der Waals surface area contributed by atoms with Gasteiger partial charge in [-0.05, 0) is 18.2 Å². The molecule has 3 heteroatoms. The molecule has 112 valence electrons. The Kier molecular flexibility index (Phi) is 3.21. The Morgan fingerprint density at radius 1 is 0.739 bits per heavy atom. The minimum Gasteiger partial charge on any atom is -0.441 e. The predicted molar refractivity (Wildman–Crippen MR) is 89.6 cm³/mol. The van der Waals surface area contributed by atoms with Crippen LogP contribution in [0.5, 0.6) is 0 Å². The van der Waals surface area contributed by atoms with Gasteiger partial charge in [-0.15, -0.1) is 0 Å². The Bertz CT molecular complexity index is 872. The zero-order chi connectivity index (χ0) is 15.9. The normalized spacial score (nSPS) is 19.3. The highest BCUT2D eigenvalue weighted by atomic mass is 35.5. The highest BCUT2D eigenvalue weighted by Crippen LogP contribution is 2.46. The van der Waals surface area contributed by atoms with Crippen molar-refractivity contribution < 1.29 is 9.53 Å². The summed E-state index contributed by atoms with van der Waals surface area (Å²) in [6.45, 7) is 0. The summed E-state index contributed by atoms with van der Waals surface area (Å²) in [6.07, 6.45) is 0. The quantitative estimate of drug-likeness (QED) is 0.634. The Labute approximate surface area is 139 Å². The number of halogens is 1. The second-order valence-electron chi connectivity index (χ2n) is 5.49. The molecule has 3 aromatic carbocycles. The molecule has 1 aliphatic heterocycles. The van der Waals surface area contributed by atoms with Gasteiger partial charge in [-0.25, -0.2) is 4.79 Å². The lowest BCUT2D eigenvalue weighted by Crippen LogP contribution is -2.29. The number of hydrogen-bond acceptors (Lipinski definition) is 2. The van der Waals surface area contributed by atoms with Crippen molar-refractivity contribution in [1.82, 2.24) is 0 Å². The van der Waals surface area contributed by atoms with E-state index in [0.29, 0.717) is 10.6 Å². The van der Waals surface area contributed by atoms with Crippen LogP contribution in [0.3, 0.4) is 0 Å². The molecule has 0 aromatic heterocycles. The summed E-state index contributed by atoms with van der Waals surface area (Å²) in [5.41, 5.74) is 2.33. The van der Waals surface area contributed by atoms with E-state index in [1.165, 1.54) is 0 Å². The van der Waals surface area contributed by atoms with Crippen LogP contribution in [-0.2, 0) is 10.3 Å². The Balaban J connectivity index is 2.04. The van der Waals surface area contributed by atoms with Gasteiger partial charge >= 0.3 is 5.97 Å². The van der Waals surface area contributed by atoms with Gasteiger partial charge < -0.3 is 4.74 Å². The van der Waals surface area contributed by atoms with Crippen molar-refractivity contribution in [3.05, 3.63) is 106 Å². The molecule has 4 rings (SSSR count). The maximum atomic E-state index is 12.4. The molecule has 0 saturated carbocycles. The largest absolute Gasteiger partial charge is 0.441 e. The molecule has 0 spiro atoms. The van der Waals surface area contributed by atoms with Gasteiger partial charge in [0, 0.05) is 21.7 Å². The number of benzene rings is 3. The van der Waals surface area contributed by atoms with E-state index in [0.717, 1.165) is 16.7 Å². The Morgan fingerprint density at radius 3 is 2.09 bits per heavy atom. The summed E-state index contributed by atoms with van der Waals surface area (Å²) >= 11 is 6.03. The second-order valence-corrected chi connectivity index (χ2v) is 5.93. The monoisotopic (exact) mass is 320 g/mol. The first-order chi connectivity index (χ1) is 11.2. The van der Waals surface area contributed by atoms with E-state index in [2.05, 4.69) is 0 Å². The van der Waals surface area contributed by atoms with Crippen molar-refractivity contribution in [3.63, 3.8) is 0 Å². The molecule has 23 heavy (non-hydrogen) atoms. The number of carbonyl (C=O) groups is 1. The maximum Gasteiger partial charge on any atom is 0.340 e. The van der Waals surface area contributed by atoms with Crippen molar-refractivity contribution in [2.24, 2.45) is 0 Å². The summed E-state index contributed by atoms with van der Waals surface area (Å²) < 4.78 is 5.95. The number of cyclic esters (lactones) is 1. The summed E-state index contributed by atoms with van der Waals surface area (Å²) in [7, 11) is 0. The van der Waals surface area contributed by atoms with Gasteiger partial charge in [0.2, 0.25) is 0 Å². The van der Waals surface area contributed by atoms with E-state index in [1.54, 1.807) is 6.07 Å². The molecular weight excluding hydrogens is 308 g/mol. The van der Waals surface area contributed by atoms with Crippen molar-refractivity contribution in [2.45, 2.75) is 5.60 Å². The number of hydrogen-bond donors (Lipinski definition) is 0. The molecule has 3 aromatic rings. The van der Waals surface area contributed by atoms with Crippen LogP contribution in [-0.4, -0.2) is 5.97 Å². The molecule has 0 radical (unpaired) electrons. The van der Waals surface area contributed by atoms with Crippen LogP contribution in [0.15, 0.2) is 78.9 Å². The van der Waals surface area contributed by atoms with E-state index < -0.39 is 5.60 Å². The molecule has 0 aliphatic carbocycles. The van der Waals surface area contributed by atoms with Crippen molar-refractivity contribution in [3.8, 4) is 0 Å². The molecule has 0 saturated heterocycles. The smallest absolute Gasteiger partial charge is 0.340 e. The fourth-order valence-electron chi connectivity index (χ4n) is 3.17. The van der Waals surface area contributed by atoms with E-state index in [-0.39, 0.29) is 5.97 Å². The van der Waals surface area contributed by atoms with Crippen LogP contribution in [0.4, 0.5) is 0 Å². The molecular formula is C20H13ClO2. The first-order valence-corrected chi connectivity index (χ1v) is 7.74. The average Bonchev–Trinajstić information content (AvgIpc) is 2.91. The number of esters is 1. The van der Waals surface area contributed by atoms with Crippen LogP contribution >= 0.6 is 11.6 Å². The first-order valence-electron chi connectivity index (χ1n) is 7.36. The summed E-state index contributed by atoms with van der Waals surface area (Å²) in [5, 5.41) is 0.648. The third-order valence-corrected chi connectivity index (χ3v) is 4.46. The summed E-state index contributed by atoms with van der Waals surface area (Å²) in [4.78, 5) is 12.4. The lowest BCUT2D eigenvalue weighted by atomic mass is 9.80. The fourth-order valence-corrected chi connectivity index (χ4v) is 3.30. The highest BCUT2D eigenvalue weighted by molar-refractivity contribution is 6.30. The van der Waals surface area contributed by atoms with Gasteiger partial charge in [0.1, 0.15) is 0 Å². The zero-order valence-electron chi connectivity index (χ0n) is 12.2. The molecule has 1 aliphatic rings. The second kappa shape index (κ2) is 5.25. The summed E-state index contributed by atoms with van der Waals surface area (Å²) in [6, 6.07) is 24.8. The van der Waals surface area contributed by atoms with Crippen LogP contribution in [0.1, 0.15) is 27.0 Å². The molecule has 1 atom stereocenters. The van der Waals surface area contributed by atoms with Crippen LogP contribution in [0.2, 0.25) is 5.02 Å². The molecule has 0 amide bonds. The van der Waals surface area contributed by atoms with Gasteiger partial charge in [0.25, 0.3) is 0 Å². The topological polar surface area (TPSA) is 26.3 Å². The van der Waals surface area contributed by atoms with Gasteiger partial charge in [-0.2, -0.15) is 0 Å². The van der Waals surface area contributed by atoms with Crippen LogP contribution < -0.4 is 0 Å². The number of carbonyl (C=O) groups excluding carboxylic acids is 1. The minimum absolute atomic E-state index is 0.306. The van der Waals surface area contributed by atoms with Gasteiger partial charge in [-0.1, -0.05) is 72.3 Å². The Hall–Kier alpha value is -2.58. The van der Waals surface area contributed by atoms with Crippen molar-refractivity contribution in [2.75, 3.05) is 0 Å². The van der Waals surface area contributed by atoms with E-state index in [1.807, 2.05) is 72.8 Å². The third kappa shape index (κ3) is 2.07. The highest BCUT2D eigenvalue weighted by Gasteiger charge is 2.48. The lowest BCUT2D eigenvalue weighted by molar-refractivity contribution is 0.0251. The fraction of sp³-hybridized carbons (Fsp3) is 0.0500. The standard InChI is InChI=1S/C20H13ClO2/c21-16-12-10-15(11-13-16)20(14-6-2-1-3-7-14)18-9-5-4-8-17(18)19(22)23-20/h1-13H/t20-/m1/s1. The Morgan fingerprint density at radius 2 is 1.35 bits per heavy atom. The molecule has 0 unspecified atom stereocenters. The molecule has 2 nitrogen and oxygen atoms in total. The van der Waals surface area contributed by atoms with E-state index >= 15 is 0 Å². The molecule has 0 N–H and O–H groups in total. The van der Waals surface area contributed by atoms with Gasteiger partial charge in [0.15, 0.2) is 5.60 Å². The number of fused-ring (bicyclic) bond motifs is 1. The third-order valence-electron chi connectivity index (χ3n) is 4.20. The van der Waals surface area contributed by atoms with Crippen LogP contribution in [0.25, 0.3) is 0 Å². The van der Waals surface area contributed by atoms with Crippen LogP contribution in [0, 0.1) is 0 Å². The molecule has 0 fully saturated rings. The van der Waals surface area contributed by atoms with E-state index in [9.17, 15) is 4.79 Å². The SMILES string of the molecule is O=C1O[C@](c2ccccc2)(c2ccc(Cl)cc2)c2ccccc21. The van der Waals surface area contributed by atoms with Gasteiger partial charge in [-0.3, -0.25) is 0 Å². The van der Waals surface area contributed by atoms with Crippen molar-refractivity contribution >= 4 is 17.6 Å². The molecule has 0 bridgehead atoms.